The fourth-order valence-corrected chi connectivity index (χ4v) is 3.69. The van der Waals surface area contributed by atoms with Gasteiger partial charge in [0.15, 0.2) is 0 Å². The fourth-order valence-electron chi connectivity index (χ4n) is 2.16. The summed E-state index contributed by atoms with van der Waals surface area (Å²) < 4.78 is 97.4. The van der Waals surface area contributed by atoms with E-state index in [9.17, 15) is 34.4 Å². The van der Waals surface area contributed by atoms with E-state index in [1.165, 1.54) is 12.1 Å². The van der Waals surface area contributed by atoms with Crippen LogP contribution in [-0.2, 0) is 26.1 Å². The van der Waals surface area contributed by atoms with Crippen molar-refractivity contribution in [2.24, 2.45) is 0 Å². The Hall–Kier alpha value is -2.14. The molecule has 0 bridgehead atoms. The van der Waals surface area contributed by atoms with Crippen LogP contribution in [-0.4, -0.2) is 34.4 Å². The van der Waals surface area contributed by atoms with Crippen LogP contribution in [0.15, 0.2) is 47.4 Å². The Morgan fingerprint density at radius 1 is 0.963 bits per heavy atom. The van der Waals surface area contributed by atoms with Crippen LogP contribution in [0.4, 0.5) is 28.9 Å². The maximum Gasteiger partial charge on any atom is 0.501 e. The number of aryl methyl sites for hydroxylation is 1. The molecule has 0 saturated heterocycles. The normalized spacial score (nSPS) is 12.8. The van der Waals surface area contributed by atoms with Gasteiger partial charge in [-0.25, -0.2) is 21.2 Å². The maximum atomic E-state index is 13.3. The van der Waals surface area contributed by atoms with E-state index in [0.717, 1.165) is 18.4 Å². The van der Waals surface area contributed by atoms with Gasteiger partial charge in [-0.3, -0.25) is 0 Å². The lowest BCUT2D eigenvalue weighted by Crippen LogP contribution is -2.24. The third kappa shape index (κ3) is 5.42. The second-order valence-electron chi connectivity index (χ2n) is 5.79. The van der Waals surface area contributed by atoms with Crippen molar-refractivity contribution in [1.29, 1.82) is 0 Å². The molecule has 1 N–H and O–H groups in total. The van der Waals surface area contributed by atoms with E-state index in [4.69, 9.17) is 0 Å². The first-order valence-corrected chi connectivity index (χ1v) is 11.0. The summed E-state index contributed by atoms with van der Waals surface area (Å²) >= 11 is 0. The van der Waals surface area contributed by atoms with E-state index in [1.54, 1.807) is 12.1 Å². The third-order valence-corrected chi connectivity index (χ3v) is 6.00. The Labute approximate surface area is 153 Å². The van der Waals surface area contributed by atoms with E-state index >= 15 is 0 Å². The zero-order valence-electron chi connectivity index (χ0n) is 13.9. The molecule has 0 aliphatic carbocycles. The summed E-state index contributed by atoms with van der Waals surface area (Å²) in [6.45, 7) is 0. The molecule has 2 rings (SSSR count). The van der Waals surface area contributed by atoms with Crippen LogP contribution in [0, 0.1) is 5.82 Å². The SMILES string of the molecule is CS(=O)(=O)CCc1ccc(Nc2ccc(F)cc2S(=O)(=O)C(F)(F)F)cc1. The van der Waals surface area contributed by atoms with Crippen molar-refractivity contribution >= 4 is 31.0 Å². The smallest absolute Gasteiger partial charge is 0.354 e. The monoisotopic (exact) mass is 425 g/mol. The van der Waals surface area contributed by atoms with Gasteiger partial charge in [0.2, 0.25) is 0 Å². The van der Waals surface area contributed by atoms with Crippen LogP contribution in [0.5, 0.6) is 0 Å². The molecule has 0 amide bonds. The van der Waals surface area contributed by atoms with E-state index in [0.29, 0.717) is 11.6 Å². The minimum absolute atomic E-state index is 0.0638. The maximum absolute atomic E-state index is 13.3. The van der Waals surface area contributed by atoms with Gasteiger partial charge in [0, 0.05) is 11.9 Å². The average Bonchev–Trinajstić information content (AvgIpc) is 2.54. The molecule has 0 unspecified atom stereocenters. The van der Waals surface area contributed by atoms with Crippen molar-refractivity contribution in [3.05, 3.63) is 53.8 Å². The number of rotatable bonds is 6. The summed E-state index contributed by atoms with van der Waals surface area (Å²) in [7, 11) is -8.90. The molecule has 0 aliphatic rings. The number of anilines is 2. The molecule has 27 heavy (non-hydrogen) atoms. The predicted molar refractivity (Wildman–Crippen MR) is 92.8 cm³/mol. The number of hydrogen-bond acceptors (Lipinski definition) is 5. The summed E-state index contributed by atoms with van der Waals surface area (Å²) in [6.07, 6.45) is 1.35. The minimum Gasteiger partial charge on any atom is -0.354 e. The zero-order chi connectivity index (χ0) is 20.5. The van der Waals surface area contributed by atoms with Gasteiger partial charge in [0.05, 0.1) is 11.4 Å². The Morgan fingerprint density at radius 2 is 1.56 bits per heavy atom. The van der Waals surface area contributed by atoms with Crippen molar-refractivity contribution in [1.82, 2.24) is 0 Å². The Morgan fingerprint density at radius 3 is 2.07 bits per heavy atom. The first-order valence-electron chi connectivity index (χ1n) is 7.44. The van der Waals surface area contributed by atoms with E-state index in [1.807, 2.05) is 0 Å². The zero-order valence-corrected chi connectivity index (χ0v) is 15.6. The highest BCUT2D eigenvalue weighted by molar-refractivity contribution is 7.92. The predicted octanol–water partition coefficient (Wildman–Crippen LogP) is 3.45. The molecule has 11 heteroatoms. The topological polar surface area (TPSA) is 80.3 Å². The number of hydrogen-bond donors (Lipinski definition) is 1. The van der Waals surface area contributed by atoms with Crippen LogP contribution >= 0.6 is 0 Å². The van der Waals surface area contributed by atoms with Gasteiger partial charge in [-0.2, -0.15) is 13.2 Å². The van der Waals surface area contributed by atoms with Crippen LogP contribution < -0.4 is 5.32 Å². The molecular weight excluding hydrogens is 410 g/mol. The van der Waals surface area contributed by atoms with E-state index < -0.39 is 41.6 Å². The van der Waals surface area contributed by atoms with Crippen molar-refractivity contribution in [2.75, 3.05) is 17.3 Å². The van der Waals surface area contributed by atoms with Gasteiger partial charge in [-0.1, -0.05) is 12.1 Å². The number of alkyl halides is 3. The standard InChI is InChI=1S/C16H15F4NO4S2/c1-26(22,23)9-8-11-2-5-13(6-3-11)21-14-7-4-12(17)10-15(14)27(24,25)16(18,19)20/h2-7,10,21H,8-9H2,1H3. The van der Waals surface area contributed by atoms with Crippen molar-refractivity contribution in [3.63, 3.8) is 0 Å². The summed E-state index contributed by atoms with van der Waals surface area (Å²) in [5, 5.41) is 2.51. The summed E-state index contributed by atoms with van der Waals surface area (Å²) in [5.41, 5.74) is -5.08. The first kappa shape index (κ1) is 21.2. The van der Waals surface area contributed by atoms with Crippen LogP contribution in [0.2, 0.25) is 0 Å². The largest absolute Gasteiger partial charge is 0.501 e. The molecular formula is C16H15F4NO4S2. The highest BCUT2D eigenvalue weighted by Crippen LogP contribution is 2.35. The Kier molecular flexibility index (Phi) is 5.85. The molecule has 0 aliphatic heterocycles. The second kappa shape index (κ2) is 7.47. The molecule has 148 valence electrons. The number of halogens is 4. The summed E-state index contributed by atoms with van der Waals surface area (Å²) in [5.74, 6) is -1.19. The van der Waals surface area contributed by atoms with E-state index in [2.05, 4.69) is 5.32 Å². The molecule has 0 heterocycles. The van der Waals surface area contributed by atoms with Gasteiger partial charge in [-0.15, -0.1) is 0 Å². The van der Waals surface area contributed by atoms with Crippen molar-refractivity contribution in [3.8, 4) is 0 Å². The van der Waals surface area contributed by atoms with Crippen molar-refractivity contribution < 1.29 is 34.4 Å². The number of sulfone groups is 2. The molecule has 5 nitrogen and oxygen atoms in total. The van der Waals surface area contributed by atoms with Gasteiger partial charge in [0.1, 0.15) is 20.5 Å². The van der Waals surface area contributed by atoms with Gasteiger partial charge < -0.3 is 5.32 Å². The van der Waals surface area contributed by atoms with Crippen molar-refractivity contribution in [2.45, 2.75) is 16.8 Å². The number of nitrogens with one attached hydrogen (secondary N) is 1. The molecule has 0 atom stereocenters. The third-order valence-electron chi connectivity index (χ3n) is 3.53. The summed E-state index contributed by atoms with van der Waals surface area (Å²) in [4.78, 5) is -1.23. The first-order chi connectivity index (χ1) is 12.3. The van der Waals surface area contributed by atoms with Crippen LogP contribution in [0.3, 0.4) is 0 Å². The molecule has 2 aromatic carbocycles. The lowest BCUT2D eigenvalue weighted by molar-refractivity contribution is -0.0435. The van der Waals surface area contributed by atoms with Gasteiger partial charge in [-0.05, 0) is 42.3 Å². The van der Waals surface area contributed by atoms with E-state index in [-0.39, 0.29) is 17.9 Å². The number of benzene rings is 2. The minimum atomic E-state index is -5.75. The highest BCUT2D eigenvalue weighted by atomic mass is 32.2. The van der Waals surface area contributed by atoms with Crippen LogP contribution in [0.25, 0.3) is 0 Å². The molecule has 0 aromatic heterocycles. The van der Waals surface area contributed by atoms with Gasteiger partial charge >= 0.3 is 5.51 Å². The fraction of sp³-hybridized carbons (Fsp3) is 0.250. The Bertz CT molecular complexity index is 1030. The lowest BCUT2D eigenvalue weighted by atomic mass is 10.1. The van der Waals surface area contributed by atoms with Gasteiger partial charge in [0.25, 0.3) is 9.84 Å². The Balaban J connectivity index is 2.31. The average molecular weight is 425 g/mol. The molecule has 0 fully saturated rings. The second-order valence-corrected chi connectivity index (χ2v) is 9.96. The molecule has 0 radical (unpaired) electrons. The lowest BCUT2D eigenvalue weighted by Gasteiger charge is -2.14. The summed E-state index contributed by atoms with van der Waals surface area (Å²) in [6, 6.07) is 8.02. The molecule has 0 saturated carbocycles. The highest BCUT2D eigenvalue weighted by Gasteiger charge is 2.48. The molecule has 2 aromatic rings. The molecule has 0 spiro atoms. The van der Waals surface area contributed by atoms with Crippen LogP contribution in [0.1, 0.15) is 5.56 Å². The quantitative estimate of drug-likeness (QED) is 0.717.